The van der Waals surface area contributed by atoms with Crippen molar-refractivity contribution in [2.45, 2.75) is 18.2 Å². The molecular weight excluding hydrogens is 258 g/mol. The summed E-state index contributed by atoms with van der Waals surface area (Å²) in [6, 6.07) is 3.93. The lowest BCUT2D eigenvalue weighted by Gasteiger charge is -2.08. The molecule has 1 aromatic rings. The zero-order valence-corrected chi connectivity index (χ0v) is 11.0. The lowest BCUT2D eigenvalue weighted by atomic mass is 10.3. The van der Waals surface area contributed by atoms with E-state index in [0.29, 0.717) is 12.2 Å². The van der Waals surface area contributed by atoms with Gasteiger partial charge in [-0.2, -0.15) is 0 Å². The minimum Gasteiger partial charge on any atom is -0.385 e. The van der Waals surface area contributed by atoms with Crippen LogP contribution in [0, 0.1) is 10.1 Å². The number of hydrogen-bond donors (Lipinski definition) is 2. The van der Waals surface area contributed by atoms with E-state index in [1.807, 2.05) is 6.92 Å². The molecule has 0 spiro atoms. The van der Waals surface area contributed by atoms with E-state index in [2.05, 4.69) is 10.0 Å². The second kappa shape index (κ2) is 5.78. The molecule has 0 aromatic heterocycles. The summed E-state index contributed by atoms with van der Waals surface area (Å²) in [5, 5.41) is 13.8. The van der Waals surface area contributed by atoms with Crippen molar-refractivity contribution in [1.29, 1.82) is 0 Å². The smallest absolute Gasteiger partial charge is 0.289 e. The number of anilines is 1. The first-order valence-electron chi connectivity index (χ1n) is 5.38. The first-order valence-corrected chi connectivity index (χ1v) is 6.86. The van der Waals surface area contributed by atoms with Gasteiger partial charge < -0.3 is 5.32 Å². The van der Waals surface area contributed by atoms with E-state index < -0.39 is 20.6 Å². The molecule has 0 bridgehead atoms. The van der Waals surface area contributed by atoms with Gasteiger partial charge in [-0.15, -0.1) is 0 Å². The Labute approximate surface area is 105 Å². The fraction of sp³-hybridized carbons (Fsp3) is 0.400. The molecule has 0 aliphatic rings. The van der Waals surface area contributed by atoms with Crippen LogP contribution in [0.3, 0.4) is 0 Å². The normalized spacial score (nSPS) is 11.2. The predicted molar refractivity (Wildman–Crippen MR) is 68.1 cm³/mol. The summed E-state index contributed by atoms with van der Waals surface area (Å²) >= 11 is 0. The molecule has 0 amide bonds. The van der Waals surface area contributed by atoms with Gasteiger partial charge in [-0.05, 0) is 25.6 Å². The van der Waals surface area contributed by atoms with Gasteiger partial charge in [0.25, 0.3) is 5.69 Å². The molecule has 0 saturated carbocycles. The van der Waals surface area contributed by atoms with E-state index in [9.17, 15) is 18.5 Å². The lowest BCUT2D eigenvalue weighted by molar-refractivity contribution is -0.387. The van der Waals surface area contributed by atoms with Gasteiger partial charge in [0, 0.05) is 18.3 Å². The molecule has 0 saturated heterocycles. The van der Waals surface area contributed by atoms with Crippen LogP contribution < -0.4 is 10.0 Å². The van der Waals surface area contributed by atoms with E-state index >= 15 is 0 Å². The van der Waals surface area contributed by atoms with Gasteiger partial charge in [0.1, 0.15) is 0 Å². The quantitative estimate of drug-likeness (QED) is 0.601. The maximum absolute atomic E-state index is 11.7. The number of rotatable bonds is 6. The predicted octanol–water partition coefficient (Wildman–Crippen LogP) is 1.32. The average Bonchev–Trinajstić information content (AvgIpc) is 2.35. The molecule has 0 atom stereocenters. The minimum atomic E-state index is -3.85. The van der Waals surface area contributed by atoms with Gasteiger partial charge in [-0.1, -0.05) is 6.92 Å². The monoisotopic (exact) mass is 273 g/mol. The molecule has 1 rings (SSSR count). The van der Waals surface area contributed by atoms with Gasteiger partial charge >= 0.3 is 0 Å². The summed E-state index contributed by atoms with van der Waals surface area (Å²) in [5.41, 5.74) is 0.0997. The fourth-order valence-electron chi connectivity index (χ4n) is 1.37. The maximum Gasteiger partial charge on any atom is 0.289 e. The molecule has 0 radical (unpaired) electrons. The molecule has 0 aliphatic heterocycles. The maximum atomic E-state index is 11.7. The van der Waals surface area contributed by atoms with Crippen molar-refractivity contribution in [3.8, 4) is 0 Å². The molecule has 0 fully saturated rings. The summed E-state index contributed by atoms with van der Waals surface area (Å²) in [4.78, 5) is 9.75. The molecule has 1 aromatic carbocycles. The van der Waals surface area contributed by atoms with Crippen LogP contribution in [0.5, 0.6) is 0 Å². The number of nitro benzene ring substituents is 1. The molecule has 18 heavy (non-hydrogen) atoms. The van der Waals surface area contributed by atoms with Gasteiger partial charge in [0.15, 0.2) is 4.90 Å². The van der Waals surface area contributed by atoms with E-state index in [4.69, 9.17) is 0 Å². The molecule has 100 valence electrons. The van der Waals surface area contributed by atoms with Crippen molar-refractivity contribution in [3.63, 3.8) is 0 Å². The zero-order valence-electron chi connectivity index (χ0n) is 10.1. The molecule has 8 heteroatoms. The number of sulfonamides is 1. The molecule has 7 nitrogen and oxygen atoms in total. The Bertz CT molecular complexity index is 542. The molecule has 2 N–H and O–H groups in total. The standard InChI is InChI=1S/C10H15N3O4S/c1-3-6-12-8-4-5-9(13(14)15)10(7-8)18(16,17)11-2/h4-5,7,11-12H,3,6H2,1-2H3. The Morgan fingerprint density at radius 1 is 1.39 bits per heavy atom. The number of benzene rings is 1. The van der Waals surface area contributed by atoms with Gasteiger partial charge in [0.2, 0.25) is 10.0 Å². The van der Waals surface area contributed by atoms with E-state index in [1.165, 1.54) is 25.2 Å². The summed E-state index contributed by atoms with van der Waals surface area (Å²) < 4.78 is 25.5. The summed E-state index contributed by atoms with van der Waals surface area (Å²) in [6.45, 7) is 2.63. The molecule has 0 heterocycles. The second-order valence-electron chi connectivity index (χ2n) is 3.57. The first kappa shape index (κ1) is 14.4. The van der Waals surface area contributed by atoms with Crippen LogP contribution in [0.25, 0.3) is 0 Å². The van der Waals surface area contributed by atoms with Crippen molar-refractivity contribution in [2.24, 2.45) is 0 Å². The summed E-state index contributed by atoms with van der Waals surface area (Å²) in [6.07, 6.45) is 0.866. The highest BCUT2D eigenvalue weighted by molar-refractivity contribution is 7.89. The third kappa shape index (κ3) is 3.17. The van der Waals surface area contributed by atoms with Crippen LogP contribution in [-0.4, -0.2) is 26.9 Å². The number of hydrogen-bond acceptors (Lipinski definition) is 5. The Kier molecular flexibility index (Phi) is 4.62. The van der Waals surface area contributed by atoms with Crippen LogP contribution in [0.15, 0.2) is 23.1 Å². The van der Waals surface area contributed by atoms with Crippen molar-refractivity contribution in [3.05, 3.63) is 28.3 Å². The Balaban J connectivity index is 3.29. The largest absolute Gasteiger partial charge is 0.385 e. The zero-order chi connectivity index (χ0) is 13.8. The van der Waals surface area contributed by atoms with Crippen molar-refractivity contribution in [2.75, 3.05) is 18.9 Å². The third-order valence-corrected chi connectivity index (χ3v) is 3.74. The Morgan fingerprint density at radius 2 is 2.06 bits per heavy atom. The fourth-order valence-corrected chi connectivity index (χ4v) is 2.29. The first-order chi connectivity index (χ1) is 8.42. The van der Waals surface area contributed by atoms with Crippen LogP contribution in [0.2, 0.25) is 0 Å². The van der Waals surface area contributed by atoms with Crippen molar-refractivity contribution >= 4 is 21.4 Å². The van der Waals surface area contributed by atoms with Gasteiger partial charge in [-0.3, -0.25) is 10.1 Å². The van der Waals surface area contributed by atoms with Gasteiger partial charge in [-0.25, -0.2) is 13.1 Å². The minimum absolute atomic E-state index is 0.337. The van der Waals surface area contributed by atoms with E-state index in [0.717, 1.165) is 6.42 Å². The van der Waals surface area contributed by atoms with E-state index in [-0.39, 0.29) is 4.90 Å². The highest BCUT2D eigenvalue weighted by Crippen LogP contribution is 2.26. The highest BCUT2D eigenvalue weighted by Gasteiger charge is 2.24. The van der Waals surface area contributed by atoms with E-state index in [1.54, 1.807) is 0 Å². The topological polar surface area (TPSA) is 101 Å². The highest BCUT2D eigenvalue weighted by atomic mass is 32.2. The Hall–Kier alpha value is -1.67. The molecular formula is C10H15N3O4S. The van der Waals surface area contributed by atoms with Crippen LogP contribution in [0.1, 0.15) is 13.3 Å². The van der Waals surface area contributed by atoms with Crippen LogP contribution >= 0.6 is 0 Å². The van der Waals surface area contributed by atoms with Crippen LogP contribution in [-0.2, 0) is 10.0 Å². The van der Waals surface area contributed by atoms with Crippen molar-refractivity contribution < 1.29 is 13.3 Å². The SMILES string of the molecule is CCCNc1ccc([N+](=O)[O-])c(S(=O)(=O)NC)c1. The molecule has 0 aliphatic carbocycles. The van der Waals surface area contributed by atoms with Gasteiger partial charge in [0.05, 0.1) is 4.92 Å². The van der Waals surface area contributed by atoms with Crippen LogP contribution in [0.4, 0.5) is 11.4 Å². The Morgan fingerprint density at radius 3 is 2.56 bits per heavy atom. The number of nitro groups is 1. The molecule has 0 unspecified atom stereocenters. The number of nitrogens with zero attached hydrogens (tertiary/aromatic N) is 1. The summed E-state index contributed by atoms with van der Waals surface area (Å²) in [7, 11) is -2.64. The average molecular weight is 273 g/mol. The number of nitrogens with one attached hydrogen (secondary N) is 2. The summed E-state index contributed by atoms with van der Waals surface area (Å²) in [5.74, 6) is 0. The van der Waals surface area contributed by atoms with Crippen molar-refractivity contribution in [1.82, 2.24) is 4.72 Å². The second-order valence-corrected chi connectivity index (χ2v) is 5.43. The third-order valence-electron chi connectivity index (χ3n) is 2.29. The lowest BCUT2D eigenvalue weighted by Crippen LogP contribution is -2.20.